The SMILES string of the molecule is O=C(c1ccc(-c2ccccc2F)o1)N1CCc2ccccc2C1. The number of rotatable bonds is 2. The highest BCUT2D eigenvalue weighted by Crippen LogP contribution is 2.26. The van der Waals surface area contributed by atoms with Gasteiger partial charge < -0.3 is 9.32 Å². The predicted molar refractivity (Wildman–Crippen MR) is 89.0 cm³/mol. The molecule has 0 fully saturated rings. The van der Waals surface area contributed by atoms with Gasteiger partial charge in [0, 0.05) is 13.1 Å². The van der Waals surface area contributed by atoms with Gasteiger partial charge in [0.25, 0.3) is 5.91 Å². The van der Waals surface area contributed by atoms with Gasteiger partial charge in [-0.1, -0.05) is 36.4 Å². The van der Waals surface area contributed by atoms with Crippen molar-refractivity contribution in [2.75, 3.05) is 6.54 Å². The molecule has 24 heavy (non-hydrogen) atoms. The summed E-state index contributed by atoms with van der Waals surface area (Å²) in [5, 5.41) is 0. The van der Waals surface area contributed by atoms with E-state index >= 15 is 0 Å². The van der Waals surface area contributed by atoms with Gasteiger partial charge in [0.15, 0.2) is 5.76 Å². The first-order valence-corrected chi connectivity index (χ1v) is 7.93. The number of furan rings is 1. The molecule has 4 rings (SSSR count). The maximum Gasteiger partial charge on any atom is 0.289 e. The fourth-order valence-corrected chi connectivity index (χ4v) is 3.08. The Hall–Kier alpha value is -2.88. The number of hydrogen-bond acceptors (Lipinski definition) is 2. The molecule has 1 aliphatic heterocycles. The van der Waals surface area contributed by atoms with Crippen LogP contribution in [0.25, 0.3) is 11.3 Å². The summed E-state index contributed by atoms with van der Waals surface area (Å²) in [5.41, 5.74) is 2.81. The molecule has 0 atom stereocenters. The predicted octanol–water partition coefficient (Wildman–Crippen LogP) is 4.28. The molecule has 3 nitrogen and oxygen atoms in total. The van der Waals surface area contributed by atoms with Crippen LogP contribution in [0.5, 0.6) is 0 Å². The molecule has 0 bridgehead atoms. The molecular weight excluding hydrogens is 305 g/mol. The Morgan fingerprint density at radius 3 is 2.54 bits per heavy atom. The normalized spacial score (nSPS) is 13.6. The second-order valence-electron chi connectivity index (χ2n) is 5.89. The summed E-state index contributed by atoms with van der Waals surface area (Å²) < 4.78 is 19.5. The molecule has 2 heterocycles. The number of carbonyl (C=O) groups excluding carboxylic acids is 1. The van der Waals surface area contributed by atoms with Gasteiger partial charge in [-0.05, 0) is 41.8 Å². The van der Waals surface area contributed by atoms with Crippen molar-refractivity contribution in [3.63, 3.8) is 0 Å². The van der Waals surface area contributed by atoms with Gasteiger partial charge >= 0.3 is 0 Å². The van der Waals surface area contributed by atoms with Crippen LogP contribution in [0.1, 0.15) is 21.7 Å². The molecule has 0 saturated heterocycles. The van der Waals surface area contributed by atoms with E-state index in [1.807, 2.05) is 18.2 Å². The van der Waals surface area contributed by atoms with E-state index in [2.05, 4.69) is 6.07 Å². The van der Waals surface area contributed by atoms with E-state index in [1.54, 1.807) is 35.2 Å². The van der Waals surface area contributed by atoms with E-state index in [9.17, 15) is 9.18 Å². The van der Waals surface area contributed by atoms with Crippen molar-refractivity contribution in [2.24, 2.45) is 0 Å². The lowest BCUT2D eigenvalue weighted by molar-refractivity contribution is 0.0703. The van der Waals surface area contributed by atoms with Crippen LogP contribution in [0.15, 0.2) is 65.1 Å². The monoisotopic (exact) mass is 321 g/mol. The van der Waals surface area contributed by atoms with Gasteiger partial charge in [0.1, 0.15) is 11.6 Å². The van der Waals surface area contributed by atoms with Gasteiger partial charge in [-0.3, -0.25) is 4.79 Å². The Bertz CT molecular complexity index is 900. The van der Waals surface area contributed by atoms with Crippen molar-refractivity contribution in [2.45, 2.75) is 13.0 Å². The van der Waals surface area contributed by atoms with Crippen LogP contribution in [0.4, 0.5) is 4.39 Å². The largest absolute Gasteiger partial charge is 0.451 e. The van der Waals surface area contributed by atoms with Gasteiger partial charge in [-0.2, -0.15) is 0 Å². The smallest absolute Gasteiger partial charge is 0.289 e. The second-order valence-corrected chi connectivity index (χ2v) is 5.89. The van der Waals surface area contributed by atoms with Crippen molar-refractivity contribution in [1.29, 1.82) is 0 Å². The maximum atomic E-state index is 13.9. The summed E-state index contributed by atoms with van der Waals surface area (Å²) in [6.45, 7) is 1.23. The second kappa shape index (κ2) is 5.96. The molecule has 1 aliphatic rings. The van der Waals surface area contributed by atoms with E-state index in [0.717, 1.165) is 12.0 Å². The van der Waals surface area contributed by atoms with Crippen molar-refractivity contribution in [1.82, 2.24) is 4.90 Å². The molecule has 0 saturated carbocycles. The molecule has 1 aromatic heterocycles. The molecular formula is C20H16FNO2. The number of amides is 1. The first-order chi connectivity index (χ1) is 11.7. The standard InChI is InChI=1S/C20H16FNO2/c21-17-8-4-3-7-16(17)18-9-10-19(24-18)20(23)22-12-11-14-5-1-2-6-15(14)13-22/h1-10H,11-13H2. The van der Waals surface area contributed by atoms with Crippen LogP contribution in [0.3, 0.4) is 0 Å². The molecule has 0 aliphatic carbocycles. The zero-order valence-electron chi connectivity index (χ0n) is 13.0. The summed E-state index contributed by atoms with van der Waals surface area (Å²) in [5.74, 6) is 0.0892. The number of fused-ring (bicyclic) bond motifs is 1. The van der Waals surface area contributed by atoms with Crippen LogP contribution in [0, 0.1) is 5.82 Å². The highest BCUT2D eigenvalue weighted by molar-refractivity contribution is 5.92. The molecule has 0 unspecified atom stereocenters. The summed E-state index contributed by atoms with van der Waals surface area (Å²) in [6, 6.07) is 17.8. The summed E-state index contributed by atoms with van der Waals surface area (Å²) in [7, 11) is 0. The number of halogens is 1. The van der Waals surface area contributed by atoms with Crippen LogP contribution in [-0.4, -0.2) is 17.4 Å². The molecule has 0 N–H and O–H groups in total. The minimum Gasteiger partial charge on any atom is -0.451 e. The Kier molecular flexibility index (Phi) is 3.65. The lowest BCUT2D eigenvalue weighted by Crippen LogP contribution is -2.35. The Morgan fingerprint density at radius 1 is 0.958 bits per heavy atom. The van der Waals surface area contributed by atoms with E-state index in [1.165, 1.54) is 11.6 Å². The Balaban J connectivity index is 1.57. The van der Waals surface area contributed by atoms with Crippen molar-refractivity contribution < 1.29 is 13.6 Å². The lowest BCUT2D eigenvalue weighted by Gasteiger charge is -2.28. The van der Waals surface area contributed by atoms with E-state index < -0.39 is 0 Å². The lowest BCUT2D eigenvalue weighted by atomic mass is 10.00. The van der Waals surface area contributed by atoms with Crippen molar-refractivity contribution >= 4 is 5.91 Å². The first-order valence-electron chi connectivity index (χ1n) is 7.93. The van der Waals surface area contributed by atoms with Crippen LogP contribution in [-0.2, 0) is 13.0 Å². The molecule has 3 aromatic rings. The Morgan fingerprint density at radius 2 is 1.71 bits per heavy atom. The highest BCUT2D eigenvalue weighted by atomic mass is 19.1. The van der Waals surface area contributed by atoms with Crippen LogP contribution < -0.4 is 0 Å². The average molecular weight is 321 g/mol. The number of carbonyl (C=O) groups is 1. The topological polar surface area (TPSA) is 33.5 Å². The quantitative estimate of drug-likeness (QED) is 0.706. The molecule has 2 aromatic carbocycles. The zero-order chi connectivity index (χ0) is 16.5. The summed E-state index contributed by atoms with van der Waals surface area (Å²) >= 11 is 0. The molecule has 0 spiro atoms. The van der Waals surface area contributed by atoms with Gasteiger partial charge in [-0.15, -0.1) is 0 Å². The van der Waals surface area contributed by atoms with Gasteiger partial charge in [-0.25, -0.2) is 4.39 Å². The van der Waals surface area contributed by atoms with Crippen molar-refractivity contribution in [3.8, 4) is 11.3 Å². The van der Waals surface area contributed by atoms with E-state index in [0.29, 0.717) is 24.4 Å². The zero-order valence-corrected chi connectivity index (χ0v) is 13.0. The van der Waals surface area contributed by atoms with Gasteiger partial charge in [0.2, 0.25) is 0 Å². The van der Waals surface area contributed by atoms with E-state index in [4.69, 9.17) is 4.42 Å². The average Bonchev–Trinajstić information content (AvgIpc) is 3.11. The maximum absolute atomic E-state index is 13.9. The van der Waals surface area contributed by atoms with E-state index in [-0.39, 0.29) is 17.5 Å². The fraction of sp³-hybridized carbons (Fsp3) is 0.150. The summed E-state index contributed by atoms with van der Waals surface area (Å²) in [4.78, 5) is 14.4. The third kappa shape index (κ3) is 2.60. The molecule has 0 radical (unpaired) electrons. The molecule has 4 heteroatoms. The van der Waals surface area contributed by atoms with Crippen LogP contribution in [0.2, 0.25) is 0 Å². The van der Waals surface area contributed by atoms with Gasteiger partial charge in [0.05, 0.1) is 5.56 Å². The van der Waals surface area contributed by atoms with Crippen LogP contribution >= 0.6 is 0 Å². The molecule has 1 amide bonds. The number of hydrogen-bond donors (Lipinski definition) is 0. The highest BCUT2D eigenvalue weighted by Gasteiger charge is 2.24. The van der Waals surface area contributed by atoms with Crippen molar-refractivity contribution in [3.05, 3.63) is 83.4 Å². The first kappa shape index (κ1) is 14.7. The minimum atomic E-state index is -0.363. The fourth-order valence-electron chi connectivity index (χ4n) is 3.08. The molecule has 120 valence electrons. The summed E-state index contributed by atoms with van der Waals surface area (Å²) in [6.07, 6.45) is 0.836. The third-order valence-electron chi connectivity index (χ3n) is 4.37. The third-order valence-corrected chi connectivity index (χ3v) is 4.37. The number of benzene rings is 2. The Labute approximate surface area is 139 Å². The number of nitrogens with zero attached hydrogens (tertiary/aromatic N) is 1. The minimum absolute atomic E-state index is 0.160.